The van der Waals surface area contributed by atoms with Gasteiger partial charge in [0.1, 0.15) is 4.83 Å². The van der Waals surface area contributed by atoms with Crippen LogP contribution >= 0.6 is 23.1 Å². The van der Waals surface area contributed by atoms with Gasteiger partial charge in [-0.3, -0.25) is 14.2 Å². The van der Waals surface area contributed by atoms with Crippen molar-refractivity contribution in [3.63, 3.8) is 0 Å². The number of rotatable bonds is 5. The van der Waals surface area contributed by atoms with Crippen molar-refractivity contribution in [2.24, 2.45) is 0 Å². The second-order valence-electron chi connectivity index (χ2n) is 6.40. The van der Waals surface area contributed by atoms with Crippen molar-refractivity contribution in [3.05, 3.63) is 51.1 Å². The van der Waals surface area contributed by atoms with Crippen molar-refractivity contribution in [1.82, 2.24) is 9.55 Å². The third kappa shape index (κ3) is 3.66. The highest BCUT2D eigenvalue weighted by Gasteiger charge is 2.23. The maximum atomic E-state index is 12.9. The molecule has 7 heteroatoms. The molecular formula is C20H23N3O2S2. The normalized spacial score (nSPS) is 12.3. The Kier molecular flexibility index (Phi) is 5.72. The zero-order valence-corrected chi connectivity index (χ0v) is 17.8. The Bertz CT molecular complexity index is 1040. The van der Waals surface area contributed by atoms with Crippen LogP contribution in [0.5, 0.6) is 0 Å². The van der Waals surface area contributed by atoms with Crippen LogP contribution in [0.2, 0.25) is 0 Å². The van der Waals surface area contributed by atoms with Crippen molar-refractivity contribution in [3.8, 4) is 0 Å². The van der Waals surface area contributed by atoms with Crippen LogP contribution in [0.25, 0.3) is 10.2 Å². The van der Waals surface area contributed by atoms with E-state index in [1.54, 1.807) is 16.5 Å². The van der Waals surface area contributed by atoms with Gasteiger partial charge in [-0.05, 0) is 45.4 Å². The Labute approximate surface area is 167 Å². The minimum Gasteiger partial charge on any atom is -0.315 e. The third-order valence-corrected chi connectivity index (χ3v) is 6.85. The quantitative estimate of drug-likeness (QED) is 0.474. The largest absolute Gasteiger partial charge is 0.315 e. The van der Waals surface area contributed by atoms with Gasteiger partial charge < -0.3 is 4.90 Å². The van der Waals surface area contributed by atoms with Crippen molar-refractivity contribution in [2.75, 3.05) is 11.9 Å². The van der Waals surface area contributed by atoms with Gasteiger partial charge >= 0.3 is 0 Å². The monoisotopic (exact) mass is 401 g/mol. The number of carbonyl (C=O) groups excluding carboxylic acids is 1. The van der Waals surface area contributed by atoms with E-state index in [9.17, 15) is 9.59 Å². The highest BCUT2D eigenvalue weighted by atomic mass is 32.2. The lowest BCUT2D eigenvalue weighted by Gasteiger charge is -2.21. The molecule has 0 unspecified atom stereocenters. The number of thioether (sulfide) groups is 1. The number of carbonyl (C=O) groups is 1. The van der Waals surface area contributed by atoms with Crippen LogP contribution < -0.4 is 10.5 Å². The zero-order valence-electron chi connectivity index (χ0n) is 16.1. The summed E-state index contributed by atoms with van der Waals surface area (Å²) in [5.41, 5.74) is 1.82. The number of anilines is 1. The lowest BCUT2D eigenvalue weighted by atomic mass is 10.2. The first-order valence-electron chi connectivity index (χ1n) is 8.85. The molecule has 0 aliphatic carbocycles. The van der Waals surface area contributed by atoms with Gasteiger partial charge in [0, 0.05) is 24.2 Å². The molecule has 1 amide bonds. The van der Waals surface area contributed by atoms with Gasteiger partial charge in [0.05, 0.1) is 10.6 Å². The number of hydrogen-bond acceptors (Lipinski definition) is 5. The van der Waals surface area contributed by atoms with Crippen molar-refractivity contribution in [2.45, 2.75) is 44.6 Å². The SMILES string of the molecule is CCn1c(S[C@H](C)C(=O)N(C)c2ccccc2)nc2sc(C)c(C)c2c1=O. The first kappa shape index (κ1) is 19.6. The van der Waals surface area contributed by atoms with Crippen LogP contribution in [0, 0.1) is 13.8 Å². The molecule has 2 heterocycles. The Morgan fingerprint density at radius 1 is 1.30 bits per heavy atom. The highest BCUT2D eigenvalue weighted by molar-refractivity contribution is 8.00. The molecule has 1 aromatic carbocycles. The van der Waals surface area contributed by atoms with E-state index >= 15 is 0 Å². The maximum Gasteiger partial charge on any atom is 0.263 e. The van der Waals surface area contributed by atoms with Crippen molar-refractivity contribution < 1.29 is 4.79 Å². The molecule has 2 aromatic heterocycles. The van der Waals surface area contributed by atoms with Crippen LogP contribution in [0.4, 0.5) is 5.69 Å². The summed E-state index contributed by atoms with van der Waals surface area (Å²) in [4.78, 5) is 34.0. The van der Waals surface area contributed by atoms with Gasteiger partial charge in [-0.2, -0.15) is 0 Å². The van der Waals surface area contributed by atoms with Crippen LogP contribution in [0.1, 0.15) is 24.3 Å². The summed E-state index contributed by atoms with van der Waals surface area (Å²) >= 11 is 2.87. The van der Waals surface area contributed by atoms with Crippen LogP contribution in [0.3, 0.4) is 0 Å². The van der Waals surface area contributed by atoms with Crippen LogP contribution in [-0.4, -0.2) is 27.8 Å². The fraction of sp³-hybridized carbons (Fsp3) is 0.350. The minimum absolute atomic E-state index is 0.0251. The number of aryl methyl sites for hydroxylation is 2. The number of amides is 1. The lowest BCUT2D eigenvalue weighted by molar-refractivity contribution is -0.117. The summed E-state index contributed by atoms with van der Waals surface area (Å²) < 4.78 is 1.67. The molecule has 3 rings (SSSR count). The third-order valence-electron chi connectivity index (χ3n) is 4.67. The first-order chi connectivity index (χ1) is 12.8. The average molecular weight is 402 g/mol. The molecule has 5 nitrogen and oxygen atoms in total. The number of para-hydroxylation sites is 1. The Morgan fingerprint density at radius 2 is 1.96 bits per heavy atom. The number of nitrogens with zero attached hydrogens (tertiary/aromatic N) is 3. The lowest BCUT2D eigenvalue weighted by Crippen LogP contribution is -2.34. The summed E-state index contributed by atoms with van der Waals surface area (Å²) in [5, 5.41) is 0.933. The van der Waals surface area contributed by atoms with Gasteiger partial charge in [0.15, 0.2) is 5.16 Å². The summed E-state index contributed by atoms with van der Waals surface area (Å²) in [6.07, 6.45) is 0. The summed E-state index contributed by atoms with van der Waals surface area (Å²) in [6, 6.07) is 9.53. The second kappa shape index (κ2) is 7.86. The topological polar surface area (TPSA) is 55.2 Å². The van der Waals surface area contributed by atoms with Gasteiger partial charge in [0.25, 0.3) is 5.56 Å². The maximum absolute atomic E-state index is 12.9. The van der Waals surface area contributed by atoms with E-state index in [0.717, 1.165) is 21.0 Å². The molecule has 142 valence electrons. The Balaban J connectivity index is 1.94. The average Bonchev–Trinajstić information content (AvgIpc) is 2.95. The summed E-state index contributed by atoms with van der Waals surface area (Å²) in [6.45, 7) is 8.27. The fourth-order valence-corrected chi connectivity index (χ4v) is 5.07. The van der Waals surface area contributed by atoms with Gasteiger partial charge in [-0.25, -0.2) is 4.98 Å². The van der Waals surface area contributed by atoms with Crippen molar-refractivity contribution in [1.29, 1.82) is 0 Å². The molecule has 3 aromatic rings. The molecule has 0 fully saturated rings. The molecule has 0 N–H and O–H groups in total. The molecule has 0 bridgehead atoms. The first-order valence-corrected chi connectivity index (χ1v) is 10.5. The Hall–Kier alpha value is -2.12. The van der Waals surface area contributed by atoms with Gasteiger partial charge in [-0.15, -0.1) is 11.3 Å². The molecule has 0 aliphatic rings. The van der Waals surface area contributed by atoms with Gasteiger partial charge in [-0.1, -0.05) is 30.0 Å². The molecule has 0 radical (unpaired) electrons. The second-order valence-corrected chi connectivity index (χ2v) is 8.91. The standard InChI is InChI=1S/C20H23N3O2S2/c1-6-23-19(25)16-12(2)13(3)26-17(16)21-20(23)27-14(4)18(24)22(5)15-10-8-7-9-11-15/h7-11,14H,6H2,1-5H3/t14-/m1/s1. The molecule has 27 heavy (non-hydrogen) atoms. The van der Waals surface area contributed by atoms with Gasteiger partial charge in [0.2, 0.25) is 5.91 Å². The molecule has 0 aliphatic heterocycles. The van der Waals surface area contributed by atoms with E-state index in [1.807, 2.05) is 58.0 Å². The number of thiophene rings is 1. The number of benzene rings is 1. The fourth-order valence-electron chi connectivity index (χ4n) is 2.94. The molecule has 0 saturated heterocycles. The van der Waals surface area contributed by atoms with E-state index < -0.39 is 0 Å². The van der Waals surface area contributed by atoms with Crippen molar-refractivity contribution >= 4 is 44.9 Å². The number of aromatic nitrogens is 2. The van der Waals surface area contributed by atoms with E-state index in [4.69, 9.17) is 4.98 Å². The highest BCUT2D eigenvalue weighted by Crippen LogP contribution is 2.30. The number of fused-ring (bicyclic) bond motifs is 1. The molecular weight excluding hydrogens is 378 g/mol. The zero-order chi connectivity index (χ0) is 19.7. The predicted octanol–water partition coefficient (Wildman–Crippen LogP) is 4.24. The Morgan fingerprint density at radius 3 is 2.59 bits per heavy atom. The predicted molar refractivity (Wildman–Crippen MR) is 114 cm³/mol. The smallest absolute Gasteiger partial charge is 0.263 e. The van der Waals surface area contributed by atoms with E-state index in [2.05, 4.69) is 0 Å². The summed E-state index contributed by atoms with van der Waals surface area (Å²) in [7, 11) is 1.77. The molecule has 0 saturated carbocycles. The molecule has 0 spiro atoms. The van der Waals surface area contributed by atoms with E-state index in [0.29, 0.717) is 17.1 Å². The molecule has 1 atom stereocenters. The van der Waals surface area contributed by atoms with E-state index in [-0.39, 0.29) is 16.7 Å². The minimum atomic E-state index is -0.362. The van der Waals surface area contributed by atoms with E-state index in [1.165, 1.54) is 23.1 Å². The summed E-state index contributed by atoms with van der Waals surface area (Å²) in [5.74, 6) is -0.0262. The van der Waals surface area contributed by atoms with Crippen LogP contribution in [-0.2, 0) is 11.3 Å². The van der Waals surface area contributed by atoms with Crippen LogP contribution in [0.15, 0.2) is 40.3 Å². The number of hydrogen-bond donors (Lipinski definition) is 0.